The summed E-state index contributed by atoms with van der Waals surface area (Å²) in [4.78, 5) is 16.6. The quantitative estimate of drug-likeness (QED) is 0.515. The van der Waals surface area contributed by atoms with Crippen LogP contribution in [0.3, 0.4) is 0 Å². The summed E-state index contributed by atoms with van der Waals surface area (Å²) in [6, 6.07) is 11.8. The SMILES string of the molecule is Cl.O=c1cc(OCc2ccc(F)cn2)ccn1-c1ccc2oc3c(c2c1)CCCNC3. The van der Waals surface area contributed by atoms with Crippen LogP contribution < -0.4 is 15.6 Å². The van der Waals surface area contributed by atoms with Crippen molar-refractivity contribution in [3.63, 3.8) is 0 Å². The van der Waals surface area contributed by atoms with Gasteiger partial charge in [0.15, 0.2) is 0 Å². The van der Waals surface area contributed by atoms with E-state index in [1.165, 1.54) is 17.7 Å². The summed E-state index contributed by atoms with van der Waals surface area (Å²) in [5, 5.41) is 4.42. The fraction of sp³-hybridized carbons (Fsp3) is 0.217. The molecule has 4 heterocycles. The Labute approximate surface area is 184 Å². The number of nitrogens with one attached hydrogen (secondary N) is 1. The van der Waals surface area contributed by atoms with Crippen LogP contribution in [0, 0.1) is 5.82 Å². The Morgan fingerprint density at radius 2 is 2.10 bits per heavy atom. The van der Waals surface area contributed by atoms with Crippen LogP contribution in [0.4, 0.5) is 4.39 Å². The molecule has 0 amide bonds. The molecule has 0 saturated heterocycles. The average molecular weight is 442 g/mol. The molecule has 1 aromatic carbocycles. The third kappa shape index (κ3) is 4.33. The third-order valence-corrected chi connectivity index (χ3v) is 5.27. The minimum atomic E-state index is -0.399. The summed E-state index contributed by atoms with van der Waals surface area (Å²) in [6.07, 6.45) is 4.84. The number of furan rings is 1. The van der Waals surface area contributed by atoms with E-state index < -0.39 is 5.82 Å². The predicted molar refractivity (Wildman–Crippen MR) is 118 cm³/mol. The molecule has 0 aliphatic carbocycles. The van der Waals surface area contributed by atoms with Crippen molar-refractivity contribution in [2.24, 2.45) is 0 Å². The van der Waals surface area contributed by atoms with Gasteiger partial charge in [-0.2, -0.15) is 0 Å². The maximum Gasteiger partial charge on any atom is 0.258 e. The van der Waals surface area contributed by atoms with Crippen molar-refractivity contribution in [2.45, 2.75) is 26.0 Å². The maximum absolute atomic E-state index is 12.9. The van der Waals surface area contributed by atoms with Crippen LogP contribution in [-0.2, 0) is 19.6 Å². The lowest BCUT2D eigenvalue weighted by atomic mass is 10.1. The van der Waals surface area contributed by atoms with Crippen LogP contribution in [-0.4, -0.2) is 16.1 Å². The van der Waals surface area contributed by atoms with E-state index in [1.54, 1.807) is 22.9 Å². The molecule has 0 bridgehead atoms. The first-order valence-corrected chi connectivity index (χ1v) is 9.89. The highest BCUT2D eigenvalue weighted by atomic mass is 35.5. The van der Waals surface area contributed by atoms with Gasteiger partial charge in [0.1, 0.15) is 29.5 Å². The van der Waals surface area contributed by atoms with E-state index in [1.807, 2.05) is 18.2 Å². The zero-order chi connectivity index (χ0) is 20.5. The molecule has 5 rings (SSSR count). The molecule has 0 fully saturated rings. The standard InChI is InChI=1S/C23H20FN3O3.ClH/c24-15-3-4-16(26-12-15)14-29-18-7-9-27(23(28)11-18)17-5-6-21-20(10-17)19-2-1-8-25-13-22(19)30-21;/h3-7,9-12,25H,1-2,8,13-14H2;1H. The molecule has 1 aliphatic heterocycles. The fourth-order valence-corrected chi connectivity index (χ4v) is 3.76. The van der Waals surface area contributed by atoms with Gasteiger partial charge in [-0.3, -0.25) is 14.3 Å². The molecule has 31 heavy (non-hydrogen) atoms. The number of rotatable bonds is 4. The molecule has 1 N–H and O–H groups in total. The molecular weight excluding hydrogens is 421 g/mol. The summed E-state index contributed by atoms with van der Waals surface area (Å²) in [6.45, 7) is 1.86. The molecule has 4 aromatic rings. The van der Waals surface area contributed by atoms with Gasteiger partial charge in [0.25, 0.3) is 5.56 Å². The topological polar surface area (TPSA) is 69.3 Å². The number of benzene rings is 1. The summed E-state index contributed by atoms with van der Waals surface area (Å²) in [5.74, 6) is 1.01. The number of hydrogen-bond acceptors (Lipinski definition) is 5. The molecule has 0 spiro atoms. The monoisotopic (exact) mass is 441 g/mol. The number of hydrogen-bond donors (Lipinski definition) is 1. The highest BCUT2D eigenvalue weighted by molar-refractivity contribution is 5.85. The summed E-state index contributed by atoms with van der Waals surface area (Å²) in [7, 11) is 0. The van der Waals surface area contributed by atoms with Crippen molar-refractivity contribution in [3.05, 3.63) is 88.0 Å². The summed E-state index contributed by atoms with van der Waals surface area (Å²) < 4.78 is 26.1. The molecular formula is C23H21ClFN3O3. The van der Waals surface area contributed by atoms with Crippen molar-refractivity contribution in [2.75, 3.05) is 6.54 Å². The smallest absolute Gasteiger partial charge is 0.258 e. The second-order valence-electron chi connectivity index (χ2n) is 7.29. The lowest BCUT2D eigenvalue weighted by Crippen LogP contribution is -2.16. The Hall–Kier alpha value is -3.16. The van der Waals surface area contributed by atoms with Crippen molar-refractivity contribution in [1.29, 1.82) is 0 Å². The largest absolute Gasteiger partial charge is 0.487 e. The van der Waals surface area contributed by atoms with Crippen molar-refractivity contribution in [1.82, 2.24) is 14.9 Å². The first kappa shape index (κ1) is 21.1. The van der Waals surface area contributed by atoms with Gasteiger partial charge in [-0.15, -0.1) is 12.4 Å². The number of aryl methyl sites for hydroxylation is 1. The fourth-order valence-electron chi connectivity index (χ4n) is 3.76. The molecule has 8 heteroatoms. The lowest BCUT2D eigenvalue weighted by molar-refractivity contribution is 0.300. The molecule has 1 aliphatic rings. The Bertz CT molecular complexity index is 1270. The van der Waals surface area contributed by atoms with Gasteiger partial charge in [-0.1, -0.05) is 0 Å². The summed E-state index contributed by atoms with van der Waals surface area (Å²) >= 11 is 0. The first-order valence-electron chi connectivity index (χ1n) is 9.89. The second-order valence-corrected chi connectivity index (χ2v) is 7.29. The van der Waals surface area contributed by atoms with Crippen LogP contribution in [0.2, 0.25) is 0 Å². The molecule has 3 aromatic heterocycles. The van der Waals surface area contributed by atoms with E-state index in [0.29, 0.717) is 11.4 Å². The van der Waals surface area contributed by atoms with Crippen LogP contribution >= 0.6 is 12.4 Å². The first-order chi connectivity index (χ1) is 14.7. The van der Waals surface area contributed by atoms with Crippen LogP contribution in [0.5, 0.6) is 5.75 Å². The van der Waals surface area contributed by atoms with Crippen molar-refractivity contribution >= 4 is 23.4 Å². The van der Waals surface area contributed by atoms with Gasteiger partial charge in [0.2, 0.25) is 0 Å². The number of fused-ring (bicyclic) bond motifs is 3. The van der Waals surface area contributed by atoms with Crippen LogP contribution in [0.15, 0.2) is 64.1 Å². The Morgan fingerprint density at radius 3 is 2.90 bits per heavy atom. The molecule has 160 valence electrons. The van der Waals surface area contributed by atoms with Gasteiger partial charge in [0.05, 0.1) is 18.4 Å². The number of pyridine rings is 2. The van der Waals surface area contributed by atoms with Crippen molar-refractivity contribution < 1.29 is 13.5 Å². The van der Waals surface area contributed by atoms with E-state index in [0.717, 1.165) is 54.5 Å². The van der Waals surface area contributed by atoms with Crippen LogP contribution in [0.1, 0.15) is 23.4 Å². The highest BCUT2D eigenvalue weighted by Gasteiger charge is 2.17. The zero-order valence-corrected chi connectivity index (χ0v) is 17.5. The van der Waals surface area contributed by atoms with E-state index in [-0.39, 0.29) is 24.6 Å². The van der Waals surface area contributed by atoms with Gasteiger partial charge < -0.3 is 14.5 Å². The predicted octanol–water partition coefficient (Wildman–Crippen LogP) is 4.15. The summed E-state index contributed by atoms with van der Waals surface area (Å²) in [5.41, 5.74) is 3.22. The van der Waals surface area contributed by atoms with E-state index in [2.05, 4.69) is 10.3 Å². The lowest BCUT2D eigenvalue weighted by Gasteiger charge is -2.09. The van der Waals surface area contributed by atoms with Gasteiger partial charge in [-0.05, 0) is 55.8 Å². The second kappa shape index (κ2) is 8.91. The number of nitrogens with zero attached hydrogens (tertiary/aromatic N) is 2. The van der Waals surface area contributed by atoms with E-state index in [9.17, 15) is 9.18 Å². The minimum absolute atomic E-state index is 0. The van der Waals surface area contributed by atoms with Gasteiger partial charge in [-0.25, -0.2) is 4.39 Å². The number of halogens is 2. The molecule has 0 saturated carbocycles. The van der Waals surface area contributed by atoms with Crippen LogP contribution in [0.25, 0.3) is 16.7 Å². The van der Waals surface area contributed by atoms with Gasteiger partial charge >= 0.3 is 0 Å². The third-order valence-electron chi connectivity index (χ3n) is 5.27. The zero-order valence-electron chi connectivity index (χ0n) is 16.6. The number of aromatic nitrogens is 2. The molecule has 6 nitrogen and oxygen atoms in total. The normalized spacial score (nSPS) is 13.3. The Kier molecular flexibility index (Phi) is 6.06. The Morgan fingerprint density at radius 1 is 1.19 bits per heavy atom. The van der Waals surface area contributed by atoms with Gasteiger partial charge in [0, 0.05) is 28.9 Å². The van der Waals surface area contributed by atoms with E-state index in [4.69, 9.17) is 9.15 Å². The average Bonchev–Trinajstić information content (AvgIpc) is 2.93. The molecule has 0 unspecified atom stereocenters. The minimum Gasteiger partial charge on any atom is -0.487 e. The highest BCUT2D eigenvalue weighted by Crippen LogP contribution is 2.30. The number of ether oxygens (including phenoxy) is 1. The van der Waals surface area contributed by atoms with E-state index >= 15 is 0 Å². The van der Waals surface area contributed by atoms with Crippen molar-refractivity contribution in [3.8, 4) is 11.4 Å². The molecule has 0 radical (unpaired) electrons. The Balaban J connectivity index is 0.00000231. The molecule has 0 atom stereocenters. The maximum atomic E-state index is 12.9.